The summed E-state index contributed by atoms with van der Waals surface area (Å²) in [5.41, 5.74) is 3.26. The van der Waals surface area contributed by atoms with Gasteiger partial charge in [-0.1, -0.05) is 12.1 Å². The van der Waals surface area contributed by atoms with E-state index in [4.69, 9.17) is 4.74 Å². The van der Waals surface area contributed by atoms with Crippen molar-refractivity contribution in [3.05, 3.63) is 51.7 Å². The van der Waals surface area contributed by atoms with Crippen molar-refractivity contribution in [1.29, 1.82) is 0 Å². The number of aryl methyl sites for hydroxylation is 2. The van der Waals surface area contributed by atoms with Crippen molar-refractivity contribution in [2.24, 2.45) is 5.92 Å². The van der Waals surface area contributed by atoms with Gasteiger partial charge < -0.3 is 14.5 Å². The average Bonchev–Trinajstić information content (AvgIpc) is 3.38. The normalized spacial score (nSPS) is 20.3. The van der Waals surface area contributed by atoms with Gasteiger partial charge >= 0.3 is 0 Å². The lowest BCUT2D eigenvalue weighted by atomic mass is 10.0. The predicted octanol–water partition coefficient (Wildman–Crippen LogP) is 3.93. The number of benzene rings is 1. The first-order chi connectivity index (χ1) is 14.0. The van der Waals surface area contributed by atoms with Crippen LogP contribution in [0.1, 0.15) is 35.3 Å². The Morgan fingerprint density at radius 2 is 2.00 bits per heavy atom. The molecule has 2 fully saturated rings. The average molecular weight is 413 g/mol. The van der Waals surface area contributed by atoms with Crippen molar-refractivity contribution < 1.29 is 14.3 Å². The summed E-state index contributed by atoms with van der Waals surface area (Å²) < 4.78 is 5.51. The van der Waals surface area contributed by atoms with Gasteiger partial charge in [0.15, 0.2) is 0 Å². The second kappa shape index (κ2) is 8.67. The number of carbonyl (C=O) groups is 2. The largest absolute Gasteiger partial charge is 0.381 e. The van der Waals surface area contributed by atoms with Crippen LogP contribution in [0.5, 0.6) is 0 Å². The van der Waals surface area contributed by atoms with Gasteiger partial charge in [-0.2, -0.15) is 0 Å². The maximum absolute atomic E-state index is 13.5. The maximum Gasteiger partial charge on any atom is 0.228 e. The Morgan fingerprint density at radius 1 is 1.21 bits per heavy atom. The minimum Gasteiger partial charge on any atom is -0.381 e. The van der Waals surface area contributed by atoms with Crippen LogP contribution >= 0.6 is 11.3 Å². The lowest BCUT2D eigenvalue weighted by Crippen LogP contribution is -2.46. The summed E-state index contributed by atoms with van der Waals surface area (Å²) in [5.74, 6) is -0.147. The first kappa shape index (κ1) is 20.1. The van der Waals surface area contributed by atoms with Crippen LogP contribution in [0.2, 0.25) is 0 Å². The Morgan fingerprint density at radius 3 is 2.69 bits per heavy atom. The van der Waals surface area contributed by atoms with Crippen LogP contribution in [0, 0.1) is 19.8 Å². The minimum atomic E-state index is -0.285. The SMILES string of the molecule is Cc1ccc(N2CC(C(=O)N(Cc3cccs3)C3CCOCC3)CC2=O)cc1C. The molecule has 4 rings (SSSR count). The number of anilines is 1. The molecule has 2 aliphatic rings. The summed E-state index contributed by atoms with van der Waals surface area (Å²) in [7, 11) is 0. The first-order valence-electron chi connectivity index (χ1n) is 10.3. The third-order valence-corrected chi connectivity index (χ3v) is 6.96. The van der Waals surface area contributed by atoms with Gasteiger partial charge in [0.2, 0.25) is 11.8 Å². The molecule has 1 atom stereocenters. The fourth-order valence-corrected chi connectivity index (χ4v) is 4.91. The van der Waals surface area contributed by atoms with Crippen LogP contribution in [-0.2, 0) is 20.9 Å². The van der Waals surface area contributed by atoms with Crippen LogP contribution in [0.3, 0.4) is 0 Å². The molecule has 2 aliphatic heterocycles. The third kappa shape index (κ3) is 4.38. The number of hydrogen-bond donors (Lipinski definition) is 0. The summed E-state index contributed by atoms with van der Waals surface area (Å²) in [6, 6.07) is 10.3. The monoisotopic (exact) mass is 412 g/mol. The first-order valence-corrected chi connectivity index (χ1v) is 11.2. The lowest BCUT2D eigenvalue weighted by molar-refractivity contribution is -0.140. The molecule has 3 heterocycles. The van der Waals surface area contributed by atoms with E-state index in [1.165, 1.54) is 10.4 Å². The summed E-state index contributed by atoms with van der Waals surface area (Å²) in [6.45, 7) is 6.58. The molecule has 0 aliphatic carbocycles. The van der Waals surface area contributed by atoms with Gasteiger partial charge in [-0.15, -0.1) is 11.3 Å². The van der Waals surface area contributed by atoms with Crippen LogP contribution < -0.4 is 4.90 Å². The molecule has 0 saturated carbocycles. The highest BCUT2D eigenvalue weighted by molar-refractivity contribution is 7.09. The molecule has 0 radical (unpaired) electrons. The molecule has 29 heavy (non-hydrogen) atoms. The lowest BCUT2D eigenvalue weighted by Gasteiger charge is -2.35. The quantitative estimate of drug-likeness (QED) is 0.748. The number of amides is 2. The number of thiophene rings is 1. The van der Waals surface area contributed by atoms with E-state index in [9.17, 15) is 9.59 Å². The summed E-state index contributed by atoms with van der Waals surface area (Å²) in [5, 5.41) is 2.04. The molecule has 1 aromatic heterocycles. The summed E-state index contributed by atoms with van der Waals surface area (Å²) in [6.07, 6.45) is 2.01. The van der Waals surface area contributed by atoms with Crippen molar-refractivity contribution >= 4 is 28.8 Å². The zero-order valence-electron chi connectivity index (χ0n) is 17.1. The van der Waals surface area contributed by atoms with Crippen LogP contribution in [0.25, 0.3) is 0 Å². The van der Waals surface area contributed by atoms with E-state index < -0.39 is 0 Å². The number of rotatable bonds is 5. The standard InChI is InChI=1S/C23H28N2O3S/c1-16-5-6-20(12-17(16)2)24-14-18(13-22(24)26)23(27)25(15-21-4-3-11-29-21)19-7-9-28-10-8-19/h3-6,11-12,18-19H,7-10,13-15H2,1-2H3. The topological polar surface area (TPSA) is 49.9 Å². The highest BCUT2D eigenvalue weighted by Crippen LogP contribution is 2.30. The van der Waals surface area contributed by atoms with Crippen molar-refractivity contribution in [2.75, 3.05) is 24.7 Å². The van der Waals surface area contributed by atoms with E-state index in [1.807, 2.05) is 34.5 Å². The van der Waals surface area contributed by atoms with Crippen LogP contribution in [0.15, 0.2) is 35.7 Å². The molecular formula is C23H28N2O3S. The third-order valence-electron chi connectivity index (χ3n) is 6.10. The molecule has 5 nitrogen and oxygen atoms in total. The molecule has 154 valence electrons. The Labute approximate surface area is 176 Å². The van der Waals surface area contributed by atoms with Gasteiger partial charge in [0.05, 0.1) is 12.5 Å². The number of nitrogens with zero attached hydrogens (tertiary/aromatic N) is 2. The summed E-state index contributed by atoms with van der Waals surface area (Å²) >= 11 is 1.67. The Bertz CT molecular complexity index is 874. The van der Waals surface area contributed by atoms with Crippen molar-refractivity contribution in [3.8, 4) is 0 Å². The molecule has 1 unspecified atom stereocenters. The molecule has 2 aromatic rings. The predicted molar refractivity (Wildman–Crippen MR) is 115 cm³/mol. The molecule has 2 saturated heterocycles. The van der Waals surface area contributed by atoms with Crippen LogP contribution in [-0.4, -0.2) is 42.5 Å². The zero-order valence-corrected chi connectivity index (χ0v) is 17.9. The zero-order chi connectivity index (χ0) is 20.4. The summed E-state index contributed by atoms with van der Waals surface area (Å²) in [4.78, 5) is 31.2. The maximum atomic E-state index is 13.5. The number of carbonyl (C=O) groups excluding carboxylic acids is 2. The van der Waals surface area contributed by atoms with E-state index in [0.717, 1.165) is 24.1 Å². The van der Waals surface area contributed by atoms with Crippen molar-refractivity contribution in [2.45, 2.75) is 45.7 Å². The highest BCUT2D eigenvalue weighted by Gasteiger charge is 2.39. The molecule has 0 N–H and O–H groups in total. The molecule has 1 aromatic carbocycles. The Kier molecular flexibility index (Phi) is 6.01. The van der Waals surface area contributed by atoms with Gasteiger partial charge in [0, 0.05) is 42.8 Å². The Hall–Kier alpha value is -2.18. The van der Waals surface area contributed by atoms with Crippen molar-refractivity contribution in [3.63, 3.8) is 0 Å². The molecule has 0 spiro atoms. The van der Waals surface area contributed by atoms with Gasteiger partial charge in [-0.3, -0.25) is 9.59 Å². The molecule has 6 heteroatoms. The minimum absolute atomic E-state index is 0.0367. The fourth-order valence-electron chi connectivity index (χ4n) is 4.20. The van der Waals surface area contributed by atoms with Gasteiger partial charge in [0.25, 0.3) is 0 Å². The Balaban J connectivity index is 1.52. The second-order valence-corrected chi connectivity index (χ2v) is 9.10. The number of hydrogen-bond acceptors (Lipinski definition) is 4. The van der Waals surface area contributed by atoms with E-state index in [0.29, 0.717) is 26.3 Å². The molecule has 0 bridgehead atoms. The second-order valence-electron chi connectivity index (χ2n) is 8.06. The van der Waals surface area contributed by atoms with Crippen molar-refractivity contribution in [1.82, 2.24) is 4.90 Å². The van der Waals surface area contributed by atoms with Gasteiger partial charge in [0.1, 0.15) is 0 Å². The van der Waals surface area contributed by atoms with E-state index in [1.54, 1.807) is 16.2 Å². The number of ether oxygens (including phenoxy) is 1. The highest BCUT2D eigenvalue weighted by atomic mass is 32.1. The van der Waals surface area contributed by atoms with Gasteiger partial charge in [-0.05, 0) is 61.4 Å². The van der Waals surface area contributed by atoms with E-state index >= 15 is 0 Å². The molecular weight excluding hydrogens is 384 g/mol. The van der Waals surface area contributed by atoms with E-state index in [2.05, 4.69) is 19.9 Å². The smallest absolute Gasteiger partial charge is 0.228 e. The molecule has 2 amide bonds. The fraction of sp³-hybridized carbons (Fsp3) is 0.478. The van der Waals surface area contributed by atoms with E-state index in [-0.39, 0.29) is 30.2 Å². The van der Waals surface area contributed by atoms with Gasteiger partial charge in [-0.25, -0.2) is 0 Å². The van der Waals surface area contributed by atoms with Crippen LogP contribution in [0.4, 0.5) is 5.69 Å².